The highest BCUT2D eigenvalue weighted by molar-refractivity contribution is 8.13. The summed E-state index contributed by atoms with van der Waals surface area (Å²) in [4.78, 5) is 34.8. The summed E-state index contributed by atoms with van der Waals surface area (Å²) >= 11 is 0.686. The molecule has 22 heavy (non-hydrogen) atoms. The number of carboxylic acids is 1. The number of hydrogen-bond donors (Lipinski definition) is 2. The highest BCUT2D eigenvalue weighted by Gasteiger charge is 2.37. The van der Waals surface area contributed by atoms with Crippen molar-refractivity contribution in [1.29, 1.82) is 0 Å². The first-order valence-electron chi connectivity index (χ1n) is 6.75. The number of carbonyl (C=O) groups is 3. The lowest BCUT2D eigenvalue weighted by molar-refractivity contribution is -0.143. The Morgan fingerprint density at radius 3 is 1.77 bits per heavy atom. The van der Waals surface area contributed by atoms with Crippen molar-refractivity contribution in [3.63, 3.8) is 0 Å². The lowest BCUT2D eigenvalue weighted by Crippen LogP contribution is -2.55. The van der Waals surface area contributed by atoms with Crippen molar-refractivity contribution >= 4 is 29.1 Å². The largest absolute Gasteiger partial charge is 0.479 e. The topological polar surface area (TPSA) is 102 Å². The molecular weight excluding hydrogens is 310 g/mol. The van der Waals surface area contributed by atoms with Crippen molar-refractivity contribution in [3.05, 3.63) is 0 Å². The van der Waals surface area contributed by atoms with Crippen LogP contribution in [-0.2, 0) is 14.3 Å². The number of ether oxygens (including phenoxy) is 2. The number of carboxylic acid groups (broad SMARTS) is 1. The van der Waals surface area contributed by atoms with E-state index in [1.54, 1.807) is 41.5 Å². The number of thioether (sulfide) groups is 1. The summed E-state index contributed by atoms with van der Waals surface area (Å²) in [5.41, 5.74) is -3.06. The molecule has 8 heteroatoms. The first-order valence-corrected chi connectivity index (χ1v) is 7.73. The molecular formula is C14H25NO6S. The van der Waals surface area contributed by atoms with Crippen molar-refractivity contribution < 1.29 is 29.0 Å². The van der Waals surface area contributed by atoms with Gasteiger partial charge < -0.3 is 19.9 Å². The van der Waals surface area contributed by atoms with E-state index in [0.717, 1.165) is 0 Å². The van der Waals surface area contributed by atoms with Crippen LogP contribution >= 0.6 is 11.8 Å². The van der Waals surface area contributed by atoms with Crippen LogP contribution in [0.4, 0.5) is 9.59 Å². The Labute approximate surface area is 135 Å². The van der Waals surface area contributed by atoms with Gasteiger partial charge in [0.05, 0.1) is 0 Å². The molecule has 0 aromatic heterocycles. The Morgan fingerprint density at radius 1 is 0.955 bits per heavy atom. The number of hydrogen-bond acceptors (Lipinski definition) is 6. The molecule has 0 rings (SSSR count). The zero-order chi connectivity index (χ0) is 17.8. The van der Waals surface area contributed by atoms with Gasteiger partial charge in [0.2, 0.25) is 0 Å². The minimum Gasteiger partial charge on any atom is -0.479 e. The van der Waals surface area contributed by atoms with Crippen LogP contribution in [0, 0.1) is 0 Å². The van der Waals surface area contributed by atoms with Gasteiger partial charge in [-0.25, -0.2) is 14.4 Å². The van der Waals surface area contributed by atoms with Gasteiger partial charge >= 0.3 is 17.4 Å². The average Bonchev–Trinajstić information content (AvgIpc) is 2.20. The lowest BCUT2D eigenvalue weighted by Gasteiger charge is -2.28. The molecule has 7 nitrogen and oxygen atoms in total. The second-order valence-electron chi connectivity index (χ2n) is 7.02. The molecule has 128 valence electrons. The molecule has 0 aliphatic rings. The molecule has 0 bridgehead atoms. The van der Waals surface area contributed by atoms with E-state index in [1.807, 2.05) is 0 Å². The third kappa shape index (κ3) is 8.76. The van der Waals surface area contributed by atoms with Gasteiger partial charge in [-0.05, 0) is 60.2 Å². The monoisotopic (exact) mass is 335 g/mol. The first kappa shape index (κ1) is 20.6. The molecule has 1 atom stereocenters. The maximum atomic E-state index is 11.7. The fraction of sp³-hybridized carbons (Fsp3) is 0.786. The summed E-state index contributed by atoms with van der Waals surface area (Å²) in [5, 5.41) is 11.0. The highest BCUT2D eigenvalue weighted by Crippen LogP contribution is 2.20. The minimum absolute atomic E-state index is 0.184. The summed E-state index contributed by atoms with van der Waals surface area (Å²) < 4.78 is 10.1. The van der Waals surface area contributed by atoms with Crippen molar-refractivity contribution in [2.75, 3.05) is 5.75 Å². The van der Waals surface area contributed by atoms with E-state index in [1.165, 1.54) is 6.92 Å². The fourth-order valence-corrected chi connectivity index (χ4v) is 2.07. The van der Waals surface area contributed by atoms with Crippen LogP contribution in [0.3, 0.4) is 0 Å². The zero-order valence-electron chi connectivity index (χ0n) is 14.1. The molecule has 0 aliphatic carbocycles. The molecule has 0 aliphatic heterocycles. The summed E-state index contributed by atoms with van der Waals surface area (Å²) in [6, 6.07) is 0. The SMILES string of the molecule is CC(C)(C)OC(=O)N[C@@](C)(CSC(=O)OC(C)(C)C)C(=O)O. The summed E-state index contributed by atoms with van der Waals surface area (Å²) in [6.07, 6.45) is -0.859. The maximum Gasteiger partial charge on any atom is 0.408 e. The molecule has 0 spiro atoms. The maximum absolute atomic E-state index is 11.7. The molecule has 2 N–H and O–H groups in total. The molecule has 0 aromatic rings. The Morgan fingerprint density at radius 2 is 1.41 bits per heavy atom. The number of amides is 1. The molecule has 0 saturated carbocycles. The zero-order valence-corrected chi connectivity index (χ0v) is 14.9. The van der Waals surface area contributed by atoms with Crippen molar-refractivity contribution in [3.8, 4) is 0 Å². The molecule has 1 amide bonds. The van der Waals surface area contributed by atoms with Crippen LogP contribution in [0.25, 0.3) is 0 Å². The van der Waals surface area contributed by atoms with Crippen molar-refractivity contribution in [2.24, 2.45) is 0 Å². The van der Waals surface area contributed by atoms with Crippen molar-refractivity contribution in [1.82, 2.24) is 5.32 Å². The van der Waals surface area contributed by atoms with Crippen LogP contribution in [-0.4, -0.2) is 45.0 Å². The lowest BCUT2D eigenvalue weighted by atomic mass is 10.1. The minimum atomic E-state index is -1.65. The van der Waals surface area contributed by atoms with E-state index in [4.69, 9.17) is 9.47 Å². The van der Waals surface area contributed by atoms with Crippen LogP contribution in [0.1, 0.15) is 48.5 Å². The molecule has 0 saturated heterocycles. The van der Waals surface area contributed by atoms with Gasteiger partial charge in [0.15, 0.2) is 0 Å². The molecule has 0 radical (unpaired) electrons. The number of nitrogens with one attached hydrogen (secondary N) is 1. The Hall–Kier alpha value is -1.44. The van der Waals surface area contributed by atoms with E-state index < -0.39 is 34.1 Å². The summed E-state index contributed by atoms with van der Waals surface area (Å²) in [5.74, 6) is -1.45. The van der Waals surface area contributed by atoms with Crippen LogP contribution in [0.2, 0.25) is 0 Å². The molecule has 0 unspecified atom stereocenters. The van der Waals surface area contributed by atoms with Gasteiger partial charge in [-0.3, -0.25) is 0 Å². The van der Waals surface area contributed by atoms with Crippen LogP contribution in [0.5, 0.6) is 0 Å². The first-order chi connectivity index (χ1) is 9.65. The second-order valence-corrected chi connectivity index (χ2v) is 7.93. The number of rotatable bonds is 4. The van der Waals surface area contributed by atoms with Gasteiger partial charge in [-0.1, -0.05) is 0 Å². The fourth-order valence-electron chi connectivity index (χ4n) is 1.16. The van der Waals surface area contributed by atoms with E-state index >= 15 is 0 Å². The predicted molar refractivity (Wildman–Crippen MR) is 84.1 cm³/mol. The van der Waals surface area contributed by atoms with Gasteiger partial charge in [0.25, 0.3) is 0 Å². The van der Waals surface area contributed by atoms with Gasteiger partial charge in [0, 0.05) is 5.75 Å². The van der Waals surface area contributed by atoms with E-state index in [0.29, 0.717) is 11.8 Å². The van der Waals surface area contributed by atoms with Gasteiger partial charge in [0.1, 0.15) is 16.7 Å². The molecule has 0 aromatic carbocycles. The Bertz CT molecular complexity index is 438. The van der Waals surface area contributed by atoms with E-state index in [9.17, 15) is 19.5 Å². The van der Waals surface area contributed by atoms with Gasteiger partial charge in [-0.15, -0.1) is 0 Å². The van der Waals surface area contributed by atoms with Crippen molar-refractivity contribution in [2.45, 2.75) is 65.2 Å². The second kappa shape index (κ2) is 7.21. The average molecular weight is 335 g/mol. The standard InChI is InChI=1S/C14H25NO6S/c1-12(2,3)20-10(18)15-14(7,9(16)17)8-22-11(19)21-13(4,5)6/h8H2,1-7H3,(H,15,18)(H,16,17)/t14-/m0/s1. The van der Waals surface area contributed by atoms with Gasteiger partial charge in [-0.2, -0.15) is 0 Å². The summed E-state index contributed by atoms with van der Waals surface area (Å²) in [6.45, 7) is 11.4. The van der Waals surface area contributed by atoms with E-state index in [2.05, 4.69) is 5.32 Å². The smallest absolute Gasteiger partial charge is 0.408 e. The molecule has 0 heterocycles. The Balaban J connectivity index is 4.74. The quantitative estimate of drug-likeness (QED) is 0.761. The summed E-state index contributed by atoms with van der Waals surface area (Å²) in [7, 11) is 0. The normalized spacial score (nSPS) is 14.7. The van der Waals surface area contributed by atoms with E-state index in [-0.39, 0.29) is 5.75 Å². The third-order valence-corrected chi connectivity index (χ3v) is 3.16. The highest BCUT2D eigenvalue weighted by atomic mass is 32.2. The third-order valence-electron chi connectivity index (χ3n) is 2.12. The van der Waals surface area contributed by atoms with Crippen LogP contribution in [0.15, 0.2) is 0 Å². The number of alkyl carbamates (subject to hydrolysis) is 1. The Kier molecular flexibility index (Phi) is 6.74. The number of aliphatic carboxylic acids is 1. The predicted octanol–water partition coefficient (Wildman–Crippen LogP) is 3.02. The van der Waals surface area contributed by atoms with Crippen LogP contribution < -0.4 is 5.32 Å². The molecule has 0 fully saturated rings. The number of carbonyl (C=O) groups excluding carboxylic acids is 2.